The average molecular weight is 384 g/mol. The van der Waals surface area contributed by atoms with Gasteiger partial charge in [-0.05, 0) is 57.5 Å². The van der Waals surface area contributed by atoms with Gasteiger partial charge in [0, 0.05) is 43.9 Å². The van der Waals surface area contributed by atoms with Crippen molar-refractivity contribution in [3.8, 4) is 0 Å². The Labute approximate surface area is 165 Å². The van der Waals surface area contributed by atoms with Crippen molar-refractivity contribution in [1.82, 2.24) is 34.8 Å². The van der Waals surface area contributed by atoms with Crippen molar-refractivity contribution < 1.29 is 4.79 Å². The number of hydrogen-bond acceptors (Lipinski definition) is 5. The van der Waals surface area contributed by atoms with Gasteiger partial charge in [-0.3, -0.25) is 14.4 Å². The second-order valence-electron chi connectivity index (χ2n) is 8.75. The maximum absolute atomic E-state index is 12.5. The van der Waals surface area contributed by atoms with Crippen molar-refractivity contribution in [3.63, 3.8) is 0 Å². The topological polar surface area (TPSA) is 80.9 Å². The summed E-state index contributed by atoms with van der Waals surface area (Å²) in [7, 11) is 0. The van der Waals surface area contributed by atoms with Crippen LogP contribution in [0.15, 0.2) is 12.4 Å². The van der Waals surface area contributed by atoms with Gasteiger partial charge < -0.3 is 9.88 Å². The highest BCUT2D eigenvalue weighted by atomic mass is 16.2. The third-order valence-corrected chi connectivity index (χ3v) is 6.65. The van der Waals surface area contributed by atoms with E-state index in [0.29, 0.717) is 11.9 Å². The lowest BCUT2D eigenvalue weighted by atomic mass is 9.73. The van der Waals surface area contributed by atoms with E-state index in [9.17, 15) is 4.79 Å². The minimum Gasteiger partial charge on any atom is -0.347 e. The van der Waals surface area contributed by atoms with E-state index in [4.69, 9.17) is 0 Å². The van der Waals surface area contributed by atoms with Crippen LogP contribution in [0.25, 0.3) is 0 Å². The normalized spacial score (nSPS) is 21.6. The van der Waals surface area contributed by atoms with Crippen LogP contribution in [-0.2, 0) is 26.1 Å². The van der Waals surface area contributed by atoms with Gasteiger partial charge >= 0.3 is 0 Å². The van der Waals surface area contributed by atoms with E-state index in [1.54, 1.807) is 0 Å². The molecular weight excluding hydrogens is 354 g/mol. The van der Waals surface area contributed by atoms with Crippen molar-refractivity contribution in [1.29, 1.82) is 0 Å². The Bertz CT molecular complexity index is 858. The molecule has 8 heteroatoms. The Balaban J connectivity index is 1.23. The summed E-state index contributed by atoms with van der Waals surface area (Å²) in [5, 5.41) is 16.0. The summed E-state index contributed by atoms with van der Waals surface area (Å²) >= 11 is 0. The smallest absolute Gasteiger partial charge is 0.289 e. The molecule has 1 saturated heterocycles. The first kappa shape index (κ1) is 17.8. The van der Waals surface area contributed by atoms with Gasteiger partial charge in [0.1, 0.15) is 5.82 Å². The van der Waals surface area contributed by atoms with Gasteiger partial charge in [0.15, 0.2) is 0 Å². The van der Waals surface area contributed by atoms with Crippen LogP contribution in [-0.4, -0.2) is 54.5 Å². The lowest BCUT2D eigenvalue weighted by molar-refractivity contribution is 0.0618. The average Bonchev–Trinajstić information content (AvgIpc) is 3.24. The fourth-order valence-corrected chi connectivity index (χ4v) is 4.64. The molecule has 0 radical (unpaired) electrons. The number of nitrogens with zero attached hydrogens (tertiary/aromatic N) is 6. The van der Waals surface area contributed by atoms with E-state index in [1.807, 2.05) is 10.9 Å². The number of amides is 1. The molecule has 1 saturated carbocycles. The summed E-state index contributed by atoms with van der Waals surface area (Å²) in [5.41, 5.74) is 1.57. The van der Waals surface area contributed by atoms with Crippen LogP contribution in [0.4, 0.5) is 0 Å². The molecule has 4 heterocycles. The Kier molecular flexibility index (Phi) is 4.45. The maximum Gasteiger partial charge on any atom is 0.289 e. The third-order valence-electron chi connectivity index (χ3n) is 6.65. The molecule has 0 unspecified atom stereocenters. The molecule has 0 aromatic carbocycles. The summed E-state index contributed by atoms with van der Waals surface area (Å²) < 4.78 is 4.09. The molecule has 2 aromatic heterocycles. The Morgan fingerprint density at radius 2 is 2.07 bits per heavy atom. The molecule has 1 spiro atoms. The first-order valence-corrected chi connectivity index (χ1v) is 10.6. The molecule has 150 valence electrons. The van der Waals surface area contributed by atoms with E-state index < -0.39 is 0 Å². The number of likely N-dealkylation sites (tertiary alicyclic amines) is 1. The van der Waals surface area contributed by atoms with E-state index in [1.165, 1.54) is 5.56 Å². The Morgan fingerprint density at radius 1 is 1.25 bits per heavy atom. The highest BCUT2D eigenvalue weighted by Gasteiger charge is 2.40. The summed E-state index contributed by atoms with van der Waals surface area (Å²) in [6, 6.07) is 0.346. The SMILES string of the molecule is CCn1cc(CN2CCC3(CCc4nnc(C(=O)NC5CC5)n4C3)CC2)cn1. The quantitative estimate of drug-likeness (QED) is 0.849. The molecule has 2 aliphatic heterocycles. The van der Waals surface area contributed by atoms with Crippen molar-refractivity contribution in [2.75, 3.05) is 13.1 Å². The number of rotatable bonds is 5. The molecule has 2 aromatic rings. The zero-order chi connectivity index (χ0) is 19.1. The van der Waals surface area contributed by atoms with Crippen molar-refractivity contribution >= 4 is 5.91 Å². The lowest BCUT2D eigenvalue weighted by Gasteiger charge is -2.44. The Hall–Kier alpha value is -2.22. The van der Waals surface area contributed by atoms with Gasteiger partial charge in [-0.1, -0.05) is 0 Å². The van der Waals surface area contributed by atoms with Gasteiger partial charge in [0.05, 0.1) is 6.20 Å². The minimum absolute atomic E-state index is 0.0522. The fourth-order valence-electron chi connectivity index (χ4n) is 4.64. The van der Waals surface area contributed by atoms with Gasteiger partial charge in [-0.15, -0.1) is 10.2 Å². The maximum atomic E-state index is 12.5. The van der Waals surface area contributed by atoms with Gasteiger partial charge in [-0.25, -0.2) is 0 Å². The van der Waals surface area contributed by atoms with Crippen LogP contribution in [0.2, 0.25) is 0 Å². The monoisotopic (exact) mass is 383 g/mol. The van der Waals surface area contributed by atoms with Crippen molar-refractivity contribution in [2.24, 2.45) is 5.41 Å². The first-order valence-electron chi connectivity index (χ1n) is 10.6. The predicted octanol–water partition coefficient (Wildman–Crippen LogP) is 1.62. The molecule has 1 aliphatic carbocycles. The van der Waals surface area contributed by atoms with E-state index in [-0.39, 0.29) is 11.3 Å². The standard InChI is InChI=1S/C20H29N7O/c1-2-26-13-15(11-21-26)12-25-9-7-20(8-10-25)6-5-17-23-24-18(27(17)14-20)19(28)22-16-3-4-16/h11,13,16H,2-10,12,14H2,1H3,(H,22,28). The molecule has 0 atom stereocenters. The van der Waals surface area contributed by atoms with Crippen LogP contribution in [0.3, 0.4) is 0 Å². The molecular formula is C20H29N7O. The first-order chi connectivity index (χ1) is 13.6. The van der Waals surface area contributed by atoms with Gasteiger partial charge in [-0.2, -0.15) is 5.10 Å². The minimum atomic E-state index is -0.0522. The second kappa shape index (κ2) is 6.99. The number of carbonyl (C=O) groups excluding carboxylic acids is 1. The zero-order valence-electron chi connectivity index (χ0n) is 16.6. The third kappa shape index (κ3) is 3.45. The van der Waals surface area contributed by atoms with Crippen LogP contribution < -0.4 is 5.32 Å². The highest BCUT2D eigenvalue weighted by Crippen LogP contribution is 2.41. The Morgan fingerprint density at radius 3 is 2.79 bits per heavy atom. The van der Waals surface area contributed by atoms with Crippen LogP contribution in [0, 0.1) is 5.41 Å². The summed E-state index contributed by atoms with van der Waals surface area (Å²) in [6.07, 6.45) is 10.7. The summed E-state index contributed by atoms with van der Waals surface area (Å²) in [5.74, 6) is 1.43. The van der Waals surface area contributed by atoms with E-state index >= 15 is 0 Å². The molecule has 2 fully saturated rings. The summed E-state index contributed by atoms with van der Waals surface area (Å²) in [4.78, 5) is 15.1. The number of aromatic nitrogens is 5. The predicted molar refractivity (Wildman–Crippen MR) is 104 cm³/mol. The molecule has 5 rings (SSSR count). The second-order valence-corrected chi connectivity index (χ2v) is 8.75. The number of piperidine rings is 1. The van der Waals surface area contributed by atoms with Crippen LogP contribution in [0.5, 0.6) is 0 Å². The molecule has 8 nitrogen and oxygen atoms in total. The number of fused-ring (bicyclic) bond motifs is 1. The molecule has 0 bridgehead atoms. The number of nitrogens with one attached hydrogen (secondary N) is 1. The number of carbonyl (C=O) groups is 1. The van der Waals surface area contributed by atoms with E-state index in [2.05, 4.69) is 43.2 Å². The van der Waals surface area contributed by atoms with E-state index in [0.717, 1.165) is 77.1 Å². The van der Waals surface area contributed by atoms with Crippen molar-refractivity contribution in [3.05, 3.63) is 29.6 Å². The zero-order valence-corrected chi connectivity index (χ0v) is 16.6. The molecule has 3 aliphatic rings. The van der Waals surface area contributed by atoms with Crippen LogP contribution >= 0.6 is 0 Å². The molecule has 1 N–H and O–H groups in total. The molecule has 1 amide bonds. The fraction of sp³-hybridized carbons (Fsp3) is 0.700. The van der Waals surface area contributed by atoms with Crippen molar-refractivity contribution in [2.45, 2.75) is 71.1 Å². The lowest BCUT2D eigenvalue weighted by Crippen LogP contribution is -2.44. The largest absolute Gasteiger partial charge is 0.347 e. The molecule has 28 heavy (non-hydrogen) atoms. The van der Waals surface area contributed by atoms with Gasteiger partial charge in [0.25, 0.3) is 5.91 Å². The van der Waals surface area contributed by atoms with Crippen LogP contribution in [0.1, 0.15) is 61.0 Å². The number of aryl methyl sites for hydroxylation is 2. The highest BCUT2D eigenvalue weighted by molar-refractivity contribution is 5.91. The number of hydrogen-bond donors (Lipinski definition) is 1. The van der Waals surface area contributed by atoms with Gasteiger partial charge in [0.2, 0.25) is 5.82 Å². The summed E-state index contributed by atoms with van der Waals surface area (Å²) in [6.45, 7) is 7.08.